The number of benzene rings is 1. The highest BCUT2D eigenvalue weighted by Gasteiger charge is 2.20. The molecule has 1 fully saturated rings. The molecule has 12 heteroatoms. The molecule has 0 bridgehead atoms. The average Bonchev–Trinajstić information content (AvgIpc) is 2.90. The second kappa shape index (κ2) is 15.7. The third-order valence-electron chi connectivity index (χ3n) is 5.62. The van der Waals surface area contributed by atoms with E-state index in [9.17, 15) is 9.90 Å². The van der Waals surface area contributed by atoms with E-state index in [1.165, 1.54) is 0 Å². The van der Waals surface area contributed by atoms with E-state index in [-0.39, 0.29) is 18.1 Å². The van der Waals surface area contributed by atoms with Crippen LogP contribution in [-0.2, 0) is 9.47 Å². The quantitative estimate of drug-likeness (QED) is 0.142. The van der Waals surface area contributed by atoms with E-state index in [0.29, 0.717) is 75.2 Å². The van der Waals surface area contributed by atoms with Crippen LogP contribution in [0.15, 0.2) is 36.9 Å². The number of anilines is 4. The number of ether oxygens (including phenoxy) is 2. The lowest BCUT2D eigenvalue weighted by Crippen LogP contribution is -2.29. The van der Waals surface area contributed by atoms with Gasteiger partial charge in [-0.1, -0.05) is 12.1 Å². The van der Waals surface area contributed by atoms with E-state index < -0.39 is 0 Å². The first-order valence-corrected chi connectivity index (χ1v) is 12.6. The van der Waals surface area contributed by atoms with Crippen molar-refractivity contribution in [3.8, 4) is 0 Å². The number of carbonyl (C=O) groups is 1. The van der Waals surface area contributed by atoms with Crippen LogP contribution < -0.4 is 27.0 Å². The average molecular weight is 515 g/mol. The van der Waals surface area contributed by atoms with Crippen molar-refractivity contribution in [3.63, 3.8) is 0 Å². The predicted octanol–water partition coefficient (Wildman–Crippen LogP) is 1.65. The van der Waals surface area contributed by atoms with E-state index in [4.69, 9.17) is 15.2 Å². The number of rotatable bonds is 16. The van der Waals surface area contributed by atoms with E-state index >= 15 is 0 Å². The molecule has 37 heavy (non-hydrogen) atoms. The maximum atomic E-state index is 12.6. The molecule has 0 unspecified atom stereocenters. The van der Waals surface area contributed by atoms with Crippen LogP contribution in [0.2, 0.25) is 0 Å². The van der Waals surface area contributed by atoms with Gasteiger partial charge in [0.2, 0.25) is 17.8 Å². The fourth-order valence-corrected chi connectivity index (χ4v) is 3.75. The van der Waals surface area contributed by atoms with Gasteiger partial charge in [0.05, 0.1) is 32.5 Å². The Bertz CT molecular complexity index is 985. The number of nitrogens with two attached hydrogens (primary N) is 1. The molecule has 0 atom stereocenters. The maximum Gasteiger partial charge on any atom is 0.251 e. The molecule has 3 rings (SSSR count). The maximum absolute atomic E-state index is 12.6. The lowest BCUT2D eigenvalue weighted by molar-refractivity contribution is 0.0511. The number of carbonyl (C=O) groups excluding carboxylic acids is 1. The Morgan fingerprint density at radius 3 is 2.54 bits per heavy atom. The third-order valence-corrected chi connectivity index (χ3v) is 5.62. The largest absolute Gasteiger partial charge is 0.393 e. The molecule has 1 aliphatic carbocycles. The zero-order chi connectivity index (χ0) is 26.3. The number of hydrogen-bond acceptors (Lipinski definition) is 11. The van der Waals surface area contributed by atoms with Gasteiger partial charge < -0.3 is 41.6 Å². The number of aliphatic hydroxyl groups is 1. The van der Waals surface area contributed by atoms with Crippen molar-refractivity contribution >= 4 is 29.4 Å². The molecule has 0 spiro atoms. The van der Waals surface area contributed by atoms with Gasteiger partial charge in [-0.3, -0.25) is 4.79 Å². The number of aliphatic hydroxyl groups excluding tert-OH is 1. The fourth-order valence-electron chi connectivity index (χ4n) is 3.75. The monoisotopic (exact) mass is 514 g/mol. The van der Waals surface area contributed by atoms with E-state index in [0.717, 1.165) is 25.7 Å². The van der Waals surface area contributed by atoms with Gasteiger partial charge in [0, 0.05) is 36.9 Å². The van der Waals surface area contributed by atoms with Crippen molar-refractivity contribution in [2.45, 2.75) is 37.8 Å². The zero-order valence-electron chi connectivity index (χ0n) is 21.1. The Morgan fingerprint density at radius 1 is 1.05 bits per heavy atom. The standard InChI is InChI=1S/C25H38N8O4/c1-2-11-28-23-31-24(29-19-6-8-21(34)9-7-19)33-25(32-23)30-20-5-3-4-18(17-20)22(35)27-12-14-37-16-15-36-13-10-26/h2-5,17,19,21,34H,1,6-16,26H2,(H,27,35)(H3,28,29,30,31,32,33). The van der Waals surface area contributed by atoms with E-state index in [1.807, 2.05) is 6.07 Å². The Labute approximate surface area is 217 Å². The van der Waals surface area contributed by atoms with Crippen LogP contribution in [0.3, 0.4) is 0 Å². The second-order valence-electron chi connectivity index (χ2n) is 8.60. The van der Waals surface area contributed by atoms with Gasteiger partial charge in [-0.15, -0.1) is 6.58 Å². The van der Waals surface area contributed by atoms with Crippen molar-refractivity contribution in [1.29, 1.82) is 0 Å². The third kappa shape index (κ3) is 10.3. The molecule has 202 valence electrons. The summed E-state index contributed by atoms with van der Waals surface area (Å²) in [7, 11) is 0. The highest BCUT2D eigenvalue weighted by atomic mass is 16.5. The van der Waals surface area contributed by atoms with Crippen molar-refractivity contribution in [3.05, 3.63) is 42.5 Å². The second-order valence-corrected chi connectivity index (χ2v) is 8.60. The topological polar surface area (TPSA) is 169 Å². The minimum absolute atomic E-state index is 0.181. The number of amides is 1. The molecule has 1 amide bonds. The van der Waals surface area contributed by atoms with Gasteiger partial charge >= 0.3 is 0 Å². The van der Waals surface area contributed by atoms with Gasteiger partial charge in [0.15, 0.2) is 0 Å². The summed E-state index contributed by atoms with van der Waals surface area (Å²) in [6, 6.07) is 7.26. The summed E-state index contributed by atoms with van der Waals surface area (Å²) >= 11 is 0. The van der Waals surface area contributed by atoms with Crippen molar-refractivity contribution in [2.24, 2.45) is 5.73 Å². The molecule has 0 saturated heterocycles. The summed E-state index contributed by atoms with van der Waals surface area (Å²) in [6.07, 6.45) is 4.66. The van der Waals surface area contributed by atoms with Gasteiger partial charge in [0.1, 0.15) is 0 Å². The molecular weight excluding hydrogens is 476 g/mol. The van der Waals surface area contributed by atoms with Crippen molar-refractivity contribution in [1.82, 2.24) is 20.3 Å². The number of hydrogen-bond donors (Lipinski definition) is 6. The predicted molar refractivity (Wildman–Crippen MR) is 143 cm³/mol. The summed E-state index contributed by atoms with van der Waals surface area (Å²) in [5.74, 6) is 0.964. The Morgan fingerprint density at radius 2 is 1.78 bits per heavy atom. The summed E-state index contributed by atoms with van der Waals surface area (Å²) in [5, 5.41) is 22.2. The van der Waals surface area contributed by atoms with Crippen LogP contribution >= 0.6 is 0 Å². The Kier molecular flexibility index (Phi) is 12.0. The van der Waals surface area contributed by atoms with Crippen LogP contribution in [0.4, 0.5) is 23.5 Å². The SMILES string of the molecule is C=CCNc1nc(Nc2cccc(C(=O)NCCOCCOCCN)c2)nc(NC2CCC(O)CC2)n1. The molecule has 12 nitrogen and oxygen atoms in total. The van der Waals surface area contributed by atoms with Gasteiger partial charge in [-0.05, 0) is 43.9 Å². The van der Waals surface area contributed by atoms with Crippen molar-refractivity contribution < 1.29 is 19.4 Å². The van der Waals surface area contributed by atoms with Crippen molar-refractivity contribution in [2.75, 3.05) is 62.0 Å². The molecule has 0 aliphatic heterocycles. The Balaban J connectivity index is 1.57. The van der Waals surface area contributed by atoms with Crippen LogP contribution in [-0.4, -0.2) is 84.2 Å². The molecule has 0 radical (unpaired) electrons. The zero-order valence-corrected chi connectivity index (χ0v) is 21.1. The number of nitrogens with one attached hydrogen (secondary N) is 4. The highest BCUT2D eigenvalue weighted by molar-refractivity contribution is 5.95. The molecular formula is C25H38N8O4. The molecule has 1 heterocycles. The minimum atomic E-state index is -0.239. The first kappa shape index (κ1) is 28.3. The highest BCUT2D eigenvalue weighted by Crippen LogP contribution is 2.22. The summed E-state index contributed by atoms with van der Waals surface area (Å²) < 4.78 is 10.7. The molecule has 7 N–H and O–H groups in total. The van der Waals surface area contributed by atoms with Gasteiger partial charge in [0.25, 0.3) is 5.91 Å². The summed E-state index contributed by atoms with van der Waals surface area (Å²) in [5.41, 5.74) is 6.51. The Hall–Kier alpha value is -3.32. The molecule has 2 aromatic rings. The van der Waals surface area contributed by atoms with Gasteiger partial charge in [-0.2, -0.15) is 15.0 Å². The number of nitrogens with zero attached hydrogens (tertiary/aromatic N) is 3. The van der Waals surface area contributed by atoms with E-state index in [2.05, 4.69) is 42.8 Å². The van der Waals surface area contributed by atoms with Crippen LogP contribution in [0.5, 0.6) is 0 Å². The van der Waals surface area contributed by atoms with Gasteiger partial charge in [-0.25, -0.2) is 0 Å². The lowest BCUT2D eigenvalue weighted by Gasteiger charge is -2.26. The van der Waals surface area contributed by atoms with Crippen LogP contribution in [0.25, 0.3) is 0 Å². The summed E-state index contributed by atoms with van der Waals surface area (Å²) in [4.78, 5) is 26.0. The minimum Gasteiger partial charge on any atom is -0.393 e. The lowest BCUT2D eigenvalue weighted by atomic mass is 9.93. The normalized spacial score (nSPS) is 17.1. The fraction of sp³-hybridized carbons (Fsp3) is 0.520. The summed E-state index contributed by atoms with van der Waals surface area (Å²) in [6.45, 7) is 6.89. The molecule has 1 aromatic carbocycles. The molecule has 1 aromatic heterocycles. The first-order chi connectivity index (χ1) is 18.1. The number of aromatic nitrogens is 3. The van der Waals surface area contributed by atoms with Crippen LogP contribution in [0.1, 0.15) is 36.0 Å². The van der Waals surface area contributed by atoms with Crippen LogP contribution in [0, 0.1) is 0 Å². The molecule has 1 saturated carbocycles. The smallest absolute Gasteiger partial charge is 0.251 e. The first-order valence-electron chi connectivity index (χ1n) is 12.6. The molecule has 1 aliphatic rings. The van der Waals surface area contributed by atoms with E-state index in [1.54, 1.807) is 24.3 Å².